The molecule has 5 rings (SSSR count). The molecule has 2 saturated heterocycles. The van der Waals surface area contributed by atoms with Gasteiger partial charge in [-0.1, -0.05) is 80.1 Å². The van der Waals surface area contributed by atoms with E-state index in [9.17, 15) is 9.59 Å². The van der Waals surface area contributed by atoms with E-state index in [1.54, 1.807) is 15.4 Å². The highest BCUT2D eigenvalue weighted by Gasteiger charge is 2.33. The lowest BCUT2D eigenvalue weighted by Crippen LogP contribution is -2.37. The van der Waals surface area contributed by atoms with E-state index in [1.807, 2.05) is 25.3 Å². The highest BCUT2D eigenvalue weighted by Crippen LogP contribution is 2.34. The normalized spacial score (nSPS) is 17.8. The van der Waals surface area contributed by atoms with Crippen LogP contribution < -0.4 is 10.5 Å². The number of fused-ring (bicyclic) bond motifs is 1. The first-order chi connectivity index (χ1) is 18.4. The number of thioether (sulfide) groups is 1. The molecule has 3 aromatic rings. The molecule has 2 fully saturated rings. The molecule has 38 heavy (non-hydrogen) atoms. The summed E-state index contributed by atoms with van der Waals surface area (Å²) in [4.78, 5) is 36.4. The molecule has 2 aliphatic heterocycles. The number of hydrogen-bond acceptors (Lipinski definition) is 6. The monoisotopic (exact) mass is 546 g/mol. The summed E-state index contributed by atoms with van der Waals surface area (Å²) in [6.07, 6.45) is 9.72. The van der Waals surface area contributed by atoms with Crippen LogP contribution in [0.15, 0.2) is 58.4 Å². The first-order valence-electron chi connectivity index (χ1n) is 13.5. The van der Waals surface area contributed by atoms with E-state index in [-0.39, 0.29) is 11.5 Å². The summed E-state index contributed by atoms with van der Waals surface area (Å²) in [5.41, 5.74) is 3.26. The van der Waals surface area contributed by atoms with Crippen molar-refractivity contribution in [3.8, 4) is 0 Å². The number of piperidine rings is 1. The van der Waals surface area contributed by atoms with E-state index >= 15 is 0 Å². The molecular formula is C30H34N4O2S2. The zero-order valence-electron chi connectivity index (χ0n) is 22.1. The van der Waals surface area contributed by atoms with Gasteiger partial charge < -0.3 is 4.90 Å². The second-order valence-corrected chi connectivity index (χ2v) is 11.9. The van der Waals surface area contributed by atoms with Crippen molar-refractivity contribution in [1.29, 1.82) is 0 Å². The lowest BCUT2D eigenvalue weighted by atomic mass is 9.90. The fourth-order valence-corrected chi connectivity index (χ4v) is 6.54. The van der Waals surface area contributed by atoms with Crippen molar-refractivity contribution < 1.29 is 4.79 Å². The van der Waals surface area contributed by atoms with Crippen LogP contribution in [0.5, 0.6) is 0 Å². The molecule has 0 atom stereocenters. The lowest BCUT2D eigenvalue weighted by Gasteiger charge is -2.33. The van der Waals surface area contributed by atoms with Crippen LogP contribution in [0.2, 0.25) is 0 Å². The Morgan fingerprint density at radius 2 is 1.84 bits per heavy atom. The van der Waals surface area contributed by atoms with Crippen molar-refractivity contribution in [3.63, 3.8) is 0 Å². The zero-order chi connectivity index (χ0) is 26.6. The topological polar surface area (TPSA) is 57.9 Å². The summed E-state index contributed by atoms with van der Waals surface area (Å²) in [7, 11) is 0. The number of unbranched alkanes of at least 4 members (excludes halogenated alkanes) is 2. The van der Waals surface area contributed by atoms with E-state index in [0.29, 0.717) is 38.7 Å². The van der Waals surface area contributed by atoms with E-state index in [2.05, 4.69) is 42.2 Å². The van der Waals surface area contributed by atoms with Gasteiger partial charge in [0.2, 0.25) is 0 Å². The molecule has 2 aromatic heterocycles. The van der Waals surface area contributed by atoms with Crippen LogP contribution in [0.25, 0.3) is 11.7 Å². The van der Waals surface area contributed by atoms with Crippen LogP contribution in [0, 0.1) is 12.8 Å². The SMILES string of the molecule is CCCCCN1C(=O)/C(=C/c2c(N3CCC(Cc4ccccc4)CC3)nc3ccc(C)cn3c2=O)SC1=S. The van der Waals surface area contributed by atoms with Crippen molar-refractivity contribution in [2.24, 2.45) is 5.92 Å². The lowest BCUT2D eigenvalue weighted by molar-refractivity contribution is -0.122. The second-order valence-electron chi connectivity index (χ2n) is 10.2. The average molecular weight is 547 g/mol. The summed E-state index contributed by atoms with van der Waals surface area (Å²) in [6, 6.07) is 14.5. The maximum atomic E-state index is 13.8. The van der Waals surface area contributed by atoms with Gasteiger partial charge in [-0.3, -0.25) is 18.9 Å². The summed E-state index contributed by atoms with van der Waals surface area (Å²) in [6.45, 7) is 6.36. The number of hydrogen-bond donors (Lipinski definition) is 0. The molecule has 1 amide bonds. The molecule has 0 bridgehead atoms. The Labute approximate surface area is 233 Å². The fourth-order valence-electron chi connectivity index (χ4n) is 5.25. The van der Waals surface area contributed by atoms with Crippen LogP contribution in [0.4, 0.5) is 5.82 Å². The molecule has 0 N–H and O–H groups in total. The van der Waals surface area contributed by atoms with Gasteiger partial charge >= 0.3 is 0 Å². The molecule has 6 nitrogen and oxygen atoms in total. The largest absolute Gasteiger partial charge is 0.356 e. The number of nitrogens with zero attached hydrogens (tertiary/aromatic N) is 4. The minimum absolute atomic E-state index is 0.114. The summed E-state index contributed by atoms with van der Waals surface area (Å²) in [5.74, 6) is 1.14. The fraction of sp³-hybridized carbons (Fsp3) is 0.400. The summed E-state index contributed by atoms with van der Waals surface area (Å²) < 4.78 is 2.15. The predicted octanol–water partition coefficient (Wildman–Crippen LogP) is 5.85. The highest BCUT2D eigenvalue weighted by atomic mass is 32.2. The van der Waals surface area contributed by atoms with Crippen LogP contribution in [-0.2, 0) is 11.2 Å². The van der Waals surface area contributed by atoms with E-state index < -0.39 is 0 Å². The predicted molar refractivity (Wildman–Crippen MR) is 161 cm³/mol. The van der Waals surface area contributed by atoms with Crippen LogP contribution in [0.3, 0.4) is 0 Å². The van der Waals surface area contributed by atoms with E-state index in [0.717, 1.165) is 57.2 Å². The standard InChI is InChI=1S/C30H34N4O2S2/c1-3-4-8-15-33-29(36)25(38-30(33)37)19-24-27(31-26-12-11-21(2)20-34(26)28(24)35)32-16-13-23(14-17-32)18-22-9-6-5-7-10-22/h5-7,9-12,19-20,23H,3-4,8,13-18H2,1-2H3/b25-19-. The Balaban J connectivity index is 1.45. The molecule has 8 heteroatoms. The van der Waals surface area contributed by atoms with Gasteiger partial charge in [0.15, 0.2) is 0 Å². The molecule has 0 saturated carbocycles. The molecule has 198 valence electrons. The van der Waals surface area contributed by atoms with Crippen LogP contribution >= 0.6 is 24.0 Å². The summed E-state index contributed by atoms with van der Waals surface area (Å²) in [5, 5.41) is 0. The molecule has 4 heterocycles. The van der Waals surface area contributed by atoms with E-state index in [4.69, 9.17) is 17.2 Å². The molecule has 0 radical (unpaired) electrons. The number of benzene rings is 1. The maximum absolute atomic E-state index is 13.8. The molecule has 0 aliphatic carbocycles. The number of amides is 1. The van der Waals surface area contributed by atoms with Gasteiger partial charge in [-0.2, -0.15) is 0 Å². The van der Waals surface area contributed by atoms with Gasteiger partial charge in [0.25, 0.3) is 11.5 Å². The van der Waals surface area contributed by atoms with Crippen molar-refractivity contribution >= 4 is 51.7 Å². The Hall–Kier alpha value is -2.97. The molecule has 0 unspecified atom stereocenters. The number of aryl methyl sites for hydroxylation is 1. The molecule has 1 aromatic carbocycles. The number of thiocarbonyl (C=S) groups is 1. The Morgan fingerprint density at radius 3 is 2.58 bits per heavy atom. The van der Waals surface area contributed by atoms with Gasteiger partial charge in [0.05, 0.1) is 10.5 Å². The maximum Gasteiger partial charge on any atom is 0.267 e. The van der Waals surface area contributed by atoms with Crippen LogP contribution in [-0.4, -0.2) is 44.1 Å². The third-order valence-electron chi connectivity index (χ3n) is 7.40. The number of carbonyl (C=O) groups excluding carboxylic acids is 1. The third-order valence-corrected chi connectivity index (χ3v) is 8.78. The van der Waals surface area contributed by atoms with Gasteiger partial charge in [0.1, 0.15) is 15.8 Å². The van der Waals surface area contributed by atoms with Gasteiger partial charge in [-0.05, 0) is 61.8 Å². The molecule has 2 aliphatic rings. The van der Waals surface area contributed by atoms with Gasteiger partial charge in [-0.15, -0.1) is 0 Å². The number of aromatic nitrogens is 2. The number of pyridine rings is 1. The first kappa shape index (κ1) is 26.6. The van der Waals surface area contributed by atoms with Crippen molar-refractivity contribution in [1.82, 2.24) is 14.3 Å². The van der Waals surface area contributed by atoms with Crippen LogP contribution in [0.1, 0.15) is 55.7 Å². The molecular weight excluding hydrogens is 512 g/mol. The Morgan fingerprint density at radius 1 is 1.08 bits per heavy atom. The number of rotatable bonds is 8. The third kappa shape index (κ3) is 5.71. The average Bonchev–Trinajstić information content (AvgIpc) is 3.19. The van der Waals surface area contributed by atoms with Crippen molar-refractivity contribution in [2.45, 2.75) is 52.4 Å². The quantitative estimate of drug-likeness (QED) is 0.201. The van der Waals surface area contributed by atoms with Gasteiger partial charge in [-0.25, -0.2) is 4.98 Å². The van der Waals surface area contributed by atoms with E-state index in [1.165, 1.54) is 17.3 Å². The first-order valence-corrected chi connectivity index (χ1v) is 14.7. The molecule has 0 spiro atoms. The minimum atomic E-state index is -0.156. The Kier molecular flexibility index (Phi) is 8.29. The highest BCUT2D eigenvalue weighted by molar-refractivity contribution is 8.26. The smallest absolute Gasteiger partial charge is 0.267 e. The Bertz CT molecular complexity index is 1430. The van der Waals surface area contributed by atoms with Gasteiger partial charge in [0, 0.05) is 25.8 Å². The number of anilines is 1. The number of carbonyl (C=O) groups is 1. The summed E-state index contributed by atoms with van der Waals surface area (Å²) >= 11 is 6.81. The zero-order valence-corrected chi connectivity index (χ0v) is 23.7. The van der Waals surface area contributed by atoms with Crippen molar-refractivity contribution in [2.75, 3.05) is 24.5 Å². The minimum Gasteiger partial charge on any atom is -0.356 e. The second kappa shape index (κ2) is 11.8. The van der Waals surface area contributed by atoms with Crippen molar-refractivity contribution in [3.05, 3.63) is 80.6 Å².